The van der Waals surface area contributed by atoms with Crippen molar-refractivity contribution >= 4 is 31.5 Å². The first-order valence-corrected chi connectivity index (χ1v) is 20.1. The van der Waals surface area contributed by atoms with E-state index in [1.54, 1.807) is 0 Å². The zero-order valence-electron chi connectivity index (χ0n) is 30.6. The highest BCUT2D eigenvalue weighted by Gasteiger charge is 2.47. The lowest BCUT2D eigenvalue weighted by atomic mass is 9.66. The van der Waals surface area contributed by atoms with E-state index >= 15 is 0 Å². The van der Waals surface area contributed by atoms with Crippen molar-refractivity contribution in [3.63, 3.8) is 0 Å². The second kappa shape index (κ2) is 13.2. The molecule has 264 valence electrons. The van der Waals surface area contributed by atoms with Gasteiger partial charge in [0, 0.05) is 36.9 Å². The van der Waals surface area contributed by atoms with E-state index in [0.717, 1.165) is 40.7 Å². The molecule has 0 fully saturated rings. The summed E-state index contributed by atoms with van der Waals surface area (Å²) in [5.41, 5.74) is 12.2. The molecule has 7 aromatic carbocycles. The van der Waals surface area contributed by atoms with Gasteiger partial charge in [-0.05, 0) is 93.8 Å². The molecule has 2 aliphatic rings. The van der Waals surface area contributed by atoms with Crippen molar-refractivity contribution in [2.45, 2.75) is 18.3 Å². The van der Waals surface area contributed by atoms with Gasteiger partial charge in [0.1, 0.15) is 0 Å². The van der Waals surface area contributed by atoms with Crippen molar-refractivity contribution in [1.82, 2.24) is 15.0 Å². The van der Waals surface area contributed by atoms with E-state index < -0.39 is 5.41 Å². The van der Waals surface area contributed by atoms with Gasteiger partial charge in [0.05, 0.1) is 5.41 Å². The Bertz CT molecular complexity index is 3020. The molecule has 2 aromatic heterocycles. The number of allylic oxidation sites excluding steroid dienone is 4. The van der Waals surface area contributed by atoms with Crippen LogP contribution in [0.1, 0.15) is 29.5 Å². The summed E-state index contributed by atoms with van der Waals surface area (Å²) in [7, 11) is 0. The minimum absolute atomic E-state index is 0.482. The Hall–Kier alpha value is -6.75. The van der Waals surface area contributed by atoms with Crippen LogP contribution in [0.25, 0.3) is 76.6 Å². The largest absolute Gasteiger partial charge is 0.208 e. The Kier molecular flexibility index (Phi) is 7.71. The van der Waals surface area contributed by atoms with Gasteiger partial charge in [-0.1, -0.05) is 152 Å². The molecule has 1 unspecified atom stereocenters. The maximum Gasteiger partial charge on any atom is 0.164 e. The second-order valence-electron chi connectivity index (χ2n) is 14.6. The Morgan fingerprint density at radius 1 is 0.429 bits per heavy atom. The monoisotopic (exact) mass is 733 g/mol. The summed E-state index contributed by atoms with van der Waals surface area (Å²) in [6.45, 7) is 0. The van der Waals surface area contributed by atoms with Gasteiger partial charge < -0.3 is 0 Å². The Morgan fingerprint density at radius 3 is 1.88 bits per heavy atom. The molecule has 0 radical (unpaired) electrons. The summed E-state index contributed by atoms with van der Waals surface area (Å²) in [6.07, 6.45) is 9.21. The van der Waals surface area contributed by atoms with Gasteiger partial charge in [-0.3, -0.25) is 0 Å². The molecule has 0 spiro atoms. The summed E-state index contributed by atoms with van der Waals surface area (Å²) < 4.78 is 2.53. The molecule has 2 heterocycles. The summed E-state index contributed by atoms with van der Waals surface area (Å²) in [5.74, 6) is 1.95. The van der Waals surface area contributed by atoms with Crippen molar-refractivity contribution in [2.75, 3.05) is 0 Å². The molecular weight excluding hydrogens is 699 g/mol. The summed E-state index contributed by atoms with van der Waals surface area (Å²) in [5, 5.41) is 2.47. The standard InChI is InChI=1S/C52H35N3S/c1-5-17-34(18-6-1)41-33-46-42(39-25-13-15-27-45(39)52(46,37-21-9-3-10-22-37)38-23-11-4-12-24-38)32-44(41)51-54-49(35-19-7-2-8-20-35)53-50(55-51)36-29-30-48-43(31-36)40-26-14-16-28-47(40)56-48/h1-3,5-11,13-33H,4,12H2. The topological polar surface area (TPSA) is 38.7 Å². The van der Waals surface area contributed by atoms with Gasteiger partial charge in [-0.15, -0.1) is 11.3 Å². The zero-order valence-corrected chi connectivity index (χ0v) is 31.4. The fourth-order valence-corrected chi connectivity index (χ4v) is 10.0. The summed E-state index contributed by atoms with van der Waals surface area (Å²) in [4.78, 5) is 15.9. The van der Waals surface area contributed by atoms with Gasteiger partial charge in [0.25, 0.3) is 0 Å². The van der Waals surface area contributed by atoms with Crippen molar-refractivity contribution < 1.29 is 0 Å². The number of hydrogen-bond acceptors (Lipinski definition) is 4. The van der Waals surface area contributed by atoms with E-state index in [2.05, 4.69) is 170 Å². The maximum absolute atomic E-state index is 5.38. The molecule has 3 nitrogen and oxygen atoms in total. The van der Waals surface area contributed by atoms with Gasteiger partial charge in [0.15, 0.2) is 17.5 Å². The van der Waals surface area contributed by atoms with Crippen molar-refractivity contribution in [1.29, 1.82) is 0 Å². The predicted octanol–water partition coefficient (Wildman–Crippen LogP) is 13.5. The van der Waals surface area contributed by atoms with Crippen LogP contribution in [0.2, 0.25) is 0 Å². The van der Waals surface area contributed by atoms with Crippen LogP contribution >= 0.6 is 11.3 Å². The van der Waals surface area contributed by atoms with E-state index in [-0.39, 0.29) is 0 Å². The minimum atomic E-state index is -0.482. The average molecular weight is 734 g/mol. The van der Waals surface area contributed by atoms with Gasteiger partial charge in [-0.25, -0.2) is 15.0 Å². The van der Waals surface area contributed by atoms with Gasteiger partial charge in [0.2, 0.25) is 0 Å². The summed E-state index contributed by atoms with van der Waals surface area (Å²) >= 11 is 1.82. The number of fused-ring (bicyclic) bond motifs is 6. The molecule has 1 atom stereocenters. The highest BCUT2D eigenvalue weighted by molar-refractivity contribution is 7.25. The molecule has 9 aromatic rings. The number of thiophene rings is 1. The van der Waals surface area contributed by atoms with Crippen LogP contribution in [0.3, 0.4) is 0 Å². The molecule has 0 saturated heterocycles. The number of hydrogen-bond donors (Lipinski definition) is 0. The van der Waals surface area contributed by atoms with Gasteiger partial charge >= 0.3 is 0 Å². The van der Waals surface area contributed by atoms with Crippen molar-refractivity contribution in [3.8, 4) is 56.4 Å². The Morgan fingerprint density at radius 2 is 1.09 bits per heavy atom. The van der Waals surface area contributed by atoms with E-state index in [1.807, 2.05) is 29.5 Å². The quantitative estimate of drug-likeness (QED) is 0.171. The first-order chi connectivity index (χ1) is 27.8. The number of aromatic nitrogens is 3. The van der Waals surface area contributed by atoms with Gasteiger partial charge in [-0.2, -0.15) is 0 Å². The molecule has 0 amide bonds. The Balaban J connectivity index is 1.21. The van der Waals surface area contributed by atoms with Crippen LogP contribution in [0, 0.1) is 0 Å². The lowest BCUT2D eigenvalue weighted by Gasteiger charge is -2.36. The number of rotatable bonds is 6. The van der Waals surface area contributed by atoms with Crippen LogP contribution < -0.4 is 0 Å². The lowest BCUT2D eigenvalue weighted by molar-refractivity contribution is 0.752. The molecule has 0 bridgehead atoms. The van der Waals surface area contributed by atoms with Crippen LogP contribution in [-0.2, 0) is 5.41 Å². The molecule has 11 rings (SSSR count). The third-order valence-corrected chi connectivity index (χ3v) is 12.6. The van der Waals surface area contributed by atoms with E-state index in [4.69, 9.17) is 15.0 Å². The lowest BCUT2D eigenvalue weighted by Crippen LogP contribution is -2.29. The zero-order chi connectivity index (χ0) is 37.1. The minimum Gasteiger partial charge on any atom is -0.208 e. The van der Waals surface area contributed by atoms with E-state index in [9.17, 15) is 0 Å². The first-order valence-electron chi connectivity index (χ1n) is 19.3. The normalized spacial score (nSPS) is 15.8. The van der Waals surface area contributed by atoms with Crippen molar-refractivity contribution in [2.24, 2.45) is 0 Å². The molecular formula is C52H35N3S. The maximum atomic E-state index is 5.38. The van der Waals surface area contributed by atoms with Crippen molar-refractivity contribution in [3.05, 3.63) is 210 Å². The molecule has 0 N–H and O–H groups in total. The molecule has 0 aliphatic heterocycles. The highest BCUT2D eigenvalue weighted by Crippen LogP contribution is 2.58. The third kappa shape index (κ3) is 5.14. The van der Waals surface area contributed by atoms with E-state index in [0.29, 0.717) is 17.5 Å². The number of benzene rings is 7. The average Bonchev–Trinajstić information content (AvgIpc) is 3.80. The van der Waals surface area contributed by atoms with Crippen LogP contribution in [0.15, 0.2) is 194 Å². The highest BCUT2D eigenvalue weighted by atomic mass is 32.1. The van der Waals surface area contributed by atoms with Crippen LogP contribution in [0.5, 0.6) is 0 Å². The Labute approximate surface area is 330 Å². The van der Waals surface area contributed by atoms with Crippen LogP contribution in [0.4, 0.5) is 0 Å². The number of nitrogens with zero attached hydrogens (tertiary/aromatic N) is 3. The second-order valence-corrected chi connectivity index (χ2v) is 15.7. The fourth-order valence-electron chi connectivity index (χ4n) is 8.94. The van der Waals surface area contributed by atoms with E-state index in [1.165, 1.54) is 53.6 Å². The molecule has 56 heavy (non-hydrogen) atoms. The molecule has 2 aliphatic carbocycles. The first kappa shape index (κ1) is 32.7. The van der Waals surface area contributed by atoms with Crippen LogP contribution in [-0.4, -0.2) is 15.0 Å². The predicted molar refractivity (Wildman–Crippen MR) is 233 cm³/mol. The molecule has 0 saturated carbocycles. The third-order valence-electron chi connectivity index (χ3n) is 11.4. The smallest absolute Gasteiger partial charge is 0.164 e. The summed E-state index contributed by atoms with van der Waals surface area (Å²) in [6, 6.07) is 61.0. The fraction of sp³-hybridized carbons (Fsp3) is 0.0577. The molecule has 4 heteroatoms. The SMILES string of the molecule is C1=CC(C2(c3ccccc3)c3ccccc3-c3cc(-c4nc(-c5ccccc5)nc(-c5ccc6sc7ccccc7c6c5)n4)c(-c4ccccc4)cc32)=CCC1.